The van der Waals surface area contributed by atoms with Gasteiger partial charge in [-0.2, -0.15) is 0 Å². The summed E-state index contributed by atoms with van der Waals surface area (Å²) in [5, 5.41) is 0. The van der Waals surface area contributed by atoms with Crippen molar-refractivity contribution in [1.82, 2.24) is 29.1 Å². The first kappa shape index (κ1) is 14.8. The van der Waals surface area contributed by atoms with E-state index in [4.69, 9.17) is 0 Å². The number of aryl methyl sites for hydroxylation is 2. The maximum atomic E-state index is 12.6. The molecule has 3 aromatic rings. The largest absolute Gasteiger partial charge is 0.350 e. The normalized spacial score (nSPS) is 14.2. The van der Waals surface area contributed by atoms with Crippen LogP contribution in [0, 0.1) is 6.92 Å². The summed E-state index contributed by atoms with van der Waals surface area (Å²) in [5.74, 6) is 1.53. The van der Waals surface area contributed by atoms with E-state index < -0.39 is 0 Å². The highest BCUT2D eigenvalue weighted by atomic mass is 16.1. The van der Waals surface area contributed by atoms with Gasteiger partial charge in [0.2, 0.25) is 0 Å². The highest BCUT2D eigenvalue weighted by molar-refractivity contribution is 5.83. The fourth-order valence-corrected chi connectivity index (χ4v) is 3.20. The molecule has 8 heteroatoms. The van der Waals surface area contributed by atoms with Crippen molar-refractivity contribution in [2.75, 3.05) is 11.4 Å². The van der Waals surface area contributed by atoms with Crippen LogP contribution in [0.15, 0.2) is 17.4 Å². The smallest absolute Gasteiger partial charge is 0.258 e. The predicted molar refractivity (Wildman–Crippen MR) is 90.0 cm³/mol. The van der Waals surface area contributed by atoms with Crippen molar-refractivity contribution in [3.8, 4) is 0 Å². The fraction of sp³-hybridized carbons (Fsp3) is 0.438. The molecule has 4 heterocycles. The Balaban J connectivity index is 1.79. The van der Waals surface area contributed by atoms with Crippen LogP contribution < -0.4 is 10.5 Å². The summed E-state index contributed by atoms with van der Waals surface area (Å²) >= 11 is 0. The zero-order valence-electron chi connectivity index (χ0n) is 14.0. The molecule has 0 aliphatic carbocycles. The maximum Gasteiger partial charge on any atom is 0.258 e. The summed E-state index contributed by atoms with van der Waals surface area (Å²) in [6, 6.07) is 0. The van der Waals surface area contributed by atoms with Crippen LogP contribution in [-0.2, 0) is 26.6 Å². The molecule has 0 aromatic carbocycles. The first-order chi connectivity index (χ1) is 11.6. The summed E-state index contributed by atoms with van der Waals surface area (Å²) in [6.07, 6.45) is 4.07. The monoisotopic (exact) mass is 325 g/mol. The van der Waals surface area contributed by atoms with Crippen molar-refractivity contribution in [2.24, 2.45) is 7.05 Å². The summed E-state index contributed by atoms with van der Waals surface area (Å²) in [7, 11) is 1.76. The SMILES string of the molecule is CCn1cnc2c(N3CCc4nc(C)n(C)c(=O)c4C3)ncnc21. The predicted octanol–water partition coefficient (Wildman–Crippen LogP) is 0.811. The number of hydrogen-bond donors (Lipinski definition) is 0. The van der Waals surface area contributed by atoms with Crippen LogP contribution in [0.25, 0.3) is 11.2 Å². The molecule has 4 rings (SSSR count). The van der Waals surface area contributed by atoms with Gasteiger partial charge in [-0.3, -0.25) is 9.36 Å². The second-order valence-electron chi connectivity index (χ2n) is 6.02. The zero-order valence-corrected chi connectivity index (χ0v) is 14.0. The van der Waals surface area contributed by atoms with E-state index in [0.717, 1.165) is 53.6 Å². The van der Waals surface area contributed by atoms with Gasteiger partial charge in [-0.25, -0.2) is 19.9 Å². The topological polar surface area (TPSA) is 81.7 Å². The molecule has 3 aromatic heterocycles. The number of fused-ring (bicyclic) bond motifs is 2. The average molecular weight is 325 g/mol. The van der Waals surface area contributed by atoms with E-state index in [1.165, 1.54) is 0 Å². The maximum absolute atomic E-state index is 12.6. The number of hydrogen-bond acceptors (Lipinski definition) is 6. The second kappa shape index (κ2) is 5.40. The average Bonchev–Trinajstić information content (AvgIpc) is 3.03. The highest BCUT2D eigenvalue weighted by Crippen LogP contribution is 2.25. The standard InChI is InChI=1S/C16H19N7O/c1-4-22-9-19-13-14(22)17-8-18-15(13)23-6-5-12-11(7-23)16(24)21(3)10(2)20-12/h8-9H,4-7H2,1-3H3. The molecule has 0 spiro atoms. The molecule has 0 atom stereocenters. The summed E-state index contributed by atoms with van der Waals surface area (Å²) in [5.41, 5.74) is 3.27. The van der Waals surface area contributed by atoms with E-state index in [2.05, 4.69) is 31.8 Å². The lowest BCUT2D eigenvalue weighted by Gasteiger charge is -2.29. The van der Waals surface area contributed by atoms with Crippen molar-refractivity contribution in [3.05, 3.63) is 40.1 Å². The number of nitrogens with zero attached hydrogens (tertiary/aromatic N) is 7. The Morgan fingerprint density at radius 2 is 2.08 bits per heavy atom. The van der Waals surface area contributed by atoms with Gasteiger partial charge in [-0.1, -0.05) is 0 Å². The Bertz CT molecular complexity index is 988. The van der Waals surface area contributed by atoms with Crippen LogP contribution in [0.5, 0.6) is 0 Å². The van der Waals surface area contributed by atoms with Crippen LogP contribution in [-0.4, -0.2) is 35.6 Å². The second-order valence-corrected chi connectivity index (χ2v) is 6.02. The van der Waals surface area contributed by atoms with Crippen LogP contribution in [0.4, 0.5) is 5.82 Å². The molecular formula is C16H19N7O. The van der Waals surface area contributed by atoms with E-state index in [1.807, 2.05) is 11.5 Å². The lowest BCUT2D eigenvalue weighted by molar-refractivity contribution is 0.651. The summed E-state index contributed by atoms with van der Waals surface area (Å²) in [6.45, 7) is 5.98. The molecule has 0 saturated heterocycles. The third-order valence-corrected chi connectivity index (χ3v) is 4.68. The zero-order chi connectivity index (χ0) is 16.8. The van der Waals surface area contributed by atoms with Crippen molar-refractivity contribution >= 4 is 17.0 Å². The molecule has 0 fully saturated rings. The van der Waals surface area contributed by atoms with Gasteiger partial charge in [0, 0.05) is 26.6 Å². The quantitative estimate of drug-likeness (QED) is 0.693. The highest BCUT2D eigenvalue weighted by Gasteiger charge is 2.25. The number of rotatable bonds is 2. The number of anilines is 1. The van der Waals surface area contributed by atoms with Gasteiger partial charge in [-0.15, -0.1) is 0 Å². The molecule has 0 amide bonds. The molecule has 124 valence electrons. The van der Waals surface area contributed by atoms with Gasteiger partial charge in [0.05, 0.1) is 24.1 Å². The minimum absolute atomic E-state index is 0.0200. The minimum atomic E-state index is 0.0200. The summed E-state index contributed by atoms with van der Waals surface area (Å²) in [4.78, 5) is 32.5. The molecule has 1 aliphatic rings. The summed E-state index contributed by atoms with van der Waals surface area (Å²) < 4.78 is 3.59. The van der Waals surface area contributed by atoms with Gasteiger partial charge in [0.15, 0.2) is 17.0 Å². The van der Waals surface area contributed by atoms with Crippen LogP contribution in [0.1, 0.15) is 24.0 Å². The lowest BCUT2D eigenvalue weighted by Crippen LogP contribution is -2.38. The van der Waals surface area contributed by atoms with Crippen molar-refractivity contribution < 1.29 is 0 Å². The lowest BCUT2D eigenvalue weighted by atomic mass is 10.1. The Kier molecular flexibility index (Phi) is 3.33. The van der Waals surface area contributed by atoms with Gasteiger partial charge >= 0.3 is 0 Å². The molecular weight excluding hydrogens is 306 g/mol. The van der Waals surface area contributed by atoms with Crippen LogP contribution >= 0.6 is 0 Å². The van der Waals surface area contributed by atoms with Crippen LogP contribution in [0.3, 0.4) is 0 Å². The Labute approximate surface area is 138 Å². The van der Waals surface area contributed by atoms with Gasteiger partial charge in [0.1, 0.15) is 12.2 Å². The van der Waals surface area contributed by atoms with Gasteiger partial charge < -0.3 is 9.47 Å². The number of imidazole rings is 1. The van der Waals surface area contributed by atoms with Crippen LogP contribution in [0.2, 0.25) is 0 Å². The first-order valence-electron chi connectivity index (χ1n) is 8.06. The molecule has 8 nitrogen and oxygen atoms in total. The van der Waals surface area contributed by atoms with Gasteiger partial charge in [-0.05, 0) is 13.8 Å². The third kappa shape index (κ3) is 2.10. The van der Waals surface area contributed by atoms with E-state index in [1.54, 1.807) is 24.3 Å². The molecule has 24 heavy (non-hydrogen) atoms. The minimum Gasteiger partial charge on any atom is -0.350 e. The first-order valence-corrected chi connectivity index (χ1v) is 8.06. The third-order valence-electron chi connectivity index (χ3n) is 4.68. The molecule has 0 unspecified atom stereocenters. The number of aromatic nitrogens is 6. The van der Waals surface area contributed by atoms with Crippen molar-refractivity contribution in [2.45, 2.75) is 33.4 Å². The van der Waals surface area contributed by atoms with E-state index >= 15 is 0 Å². The Morgan fingerprint density at radius 1 is 1.25 bits per heavy atom. The van der Waals surface area contributed by atoms with Crippen molar-refractivity contribution in [1.29, 1.82) is 0 Å². The Morgan fingerprint density at radius 3 is 2.88 bits per heavy atom. The van der Waals surface area contributed by atoms with E-state index in [9.17, 15) is 4.79 Å². The molecule has 0 radical (unpaired) electrons. The van der Waals surface area contributed by atoms with Gasteiger partial charge in [0.25, 0.3) is 5.56 Å². The molecule has 1 aliphatic heterocycles. The Hall–Kier alpha value is -2.77. The molecule has 0 saturated carbocycles. The molecule has 0 N–H and O–H groups in total. The van der Waals surface area contributed by atoms with E-state index in [0.29, 0.717) is 6.54 Å². The molecule has 0 bridgehead atoms. The van der Waals surface area contributed by atoms with E-state index in [-0.39, 0.29) is 5.56 Å². The van der Waals surface area contributed by atoms with Crippen molar-refractivity contribution in [3.63, 3.8) is 0 Å². The fourth-order valence-electron chi connectivity index (χ4n) is 3.20.